The highest BCUT2D eigenvalue weighted by atomic mass is 79.9. The number of rotatable bonds is 5. The fraction of sp³-hybridized carbons (Fsp3) is 0.158. The van der Waals surface area contributed by atoms with Crippen LogP contribution in [0.1, 0.15) is 15.9 Å². The van der Waals surface area contributed by atoms with Crippen LogP contribution in [-0.2, 0) is 6.54 Å². The summed E-state index contributed by atoms with van der Waals surface area (Å²) in [5.74, 6) is -0.140. The number of hydrogen-bond acceptors (Lipinski definition) is 3. The lowest BCUT2D eigenvalue weighted by atomic mass is 10.2. The van der Waals surface area contributed by atoms with E-state index in [9.17, 15) is 4.79 Å². The molecular weight excluding hydrogens is 380 g/mol. The minimum Gasteiger partial charge on any atom is -0.378 e. The zero-order valence-corrected chi connectivity index (χ0v) is 15.7. The molecule has 0 fully saturated rings. The second-order valence-corrected chi connectivity index (χ2v) is 6.81. The lowest BCUT2D eigenvalue weighted by Crippen LogP contribution is -2.22. The fourth-order valence-corrected chi connectivity index (χ4v) is 2.67. The van der Waals surface area contributed by atoms with Gasteiger partial charge in [0.05, 0.1) is 17.4 Å². The Bertz CT molecular complexity index is 871. The largest absolute Gasteiger partial charge is 0.378 e. The molecule has 0 aliphatic heterocycles. The number of halogens is 1. The van der Waals surface area contributed by atoms with Gasteiger partial charge in [-0.1, -0.05) is 28.1 Å². The normalized spacial score (nSPS) is 10.5. The van der Waals surface area contributed by atoms with Crippen molar-refractivity contribution in [2.75, 3.05) is 19.0 Å². The Labute approximate surface area is 155 Å². The maximum absolute atomic E-state index is 12.4. The maximum Gasteiger partial charge on any atom is 0.254 e. The molecule has 3 aromatic rings. The van der Waals surface area contributed by atoms with Gasteiger partial charge in [-0.05, 0) is 42.0 Å². The molecule has 0 unspecified atom stereocenters. The van der Waals surface area contributed by atoms with Crippen LogP contribution in [0.3, 0.4) is 0 Å². The molecule has 0 spiro atoms. The van der Waals surface area contributed by atoms with Crippen molar-refractivity contribution in [3.05, 3.63) is 76.5 Å². The van der Waals surface area contributed by atoms with Crippen molar-refractivity contribution in [2.45, 2.75) is 6.54 Å². The van der Waals surface area contributed by atoms with Crippen LogP contribution in [0.2, 0.25) is 0 Å². The van der Waals surface area contributed by atoms with Gasteiger partial charge in [-0.3, -0.25) is 4.79 Å². The molecule has 0 atom stereocenters. The van der Waals surface area contributed by atoms with Gasteiger partial charge in [-0.15, -0.1) is 0 Å². The fourth-order valence-electron chi connectivity index (χ4n) is 2.40. The highest BCUT2D eigenvalue weighted by molar-refractivity contribution is 9.10. The van der Waals surface area contributed by atoms with E-state index in [1.165, 1.54) is 0 Å². The topological polar surface area (TPSA) is 50.2 Å². The van der Waals surface area contributed by atoms with Crippen LogP contribution < -0.4 is 10.2 Å². The van der Waals surface area contributed by atoms with Gasteiger partial charge < -0.3 is 10.2 Å². The van der Waals surface area contributed by atoms with Crippen molar-refractivity contribution < 1.29 is 4.79 Å². The second-order valence-electron chi connectivity index (χ2n) is 5.90. The summed E-state index contributed by atoms with van der Waals surface area (Å²) in [6.07, 6.45) is 3.31. The highest BCUT2D eigenvalue weighted by Crippen LogP contribution is 2.15. The van der Waals surface area contributed by atoms with Crippen LogP contribution >= 0.6 is 15.9 Å². The number of anilines is 1. The van der Waals surface area contributed by atoms with Crippen LogP contribution in [0.15, 0.2) is 65.4 Å². The summed E-state index contributed by atoms with van der Waals surface area (Å²) < 4.78 is 2.69. The molecular formula is C19H19BrN4O. The molecule has 1 aromatic heterocycles. The van der Waals surface area contributed by atoms with Crippen LogP contribution in [0, 0.1) is 0 Å². The van der Waals surface area contributed by atoms with Gasteiger partial charge in [0.15, 0.2) is 0 Å². The Hall–Kier alpha value is -2.60. The summed E-state index contributed by atoms with van der Waals surface area (Å²) in [7, 11) is 3.99. The van der Waals surface area contributed by atoms with Crippen molar-refractivity contribution in [1.82, 2.24) is 15.1 Å². The van der Waals surface area contributed by atoms with Crippen molar-refractivity contribution in [1.29, 1.82) is 0 Å². The van der Waals surface area contributed by atoms with E-state index >= 15 is 0 Å². The SMILES string of the molecule is CN(C)c1cccc(CNC(=O)c2cnn(-c3ccc(Br)cc3)c2)c1. The lowest BCUT2D eigenvalue weighted by Gasteiger charge is -2.13. The maximum atomic E-state index is 12.4. The third-order valence-corrected chi connectivity index (χ3v) is 4.34. The smallest absolute Gasteiger partial charge is 0.254 e. The highest BCUT2D eigenvalue weighted by Gasteiger charge is 2.09. The molecule has 128 valence electrons. The molecule has 6 heteroatoms. The Balaban J connectivity index is 1.66. The summed E-state index contributed by atoms with van der Waals surface area (Å²) in [6, 6.07) is 15.8. The van der Waals surface area contributed by atoms with E-state index in [2.05, 4.69) is 32.4 Å². The van der Waals surface area contributed by atoms with Crippen LogP contribution in [0.25, 0.3) is 5.69 Å². The third kappa shape index (κ3) is 4.28. The molecule has 25 heavy (non-hydrogen) atoms. The van der Waals surface area contributed by atoms with E-state index in [-0.39, 0.29) is 5.91 Å². The van der Waals surface area contributed by atoms with Crippen LogP contribution in [0.5, 0.6) is 0 Å². The first-order chi connectivity index (χ1) is 12.0. The molecule has 0 bridgehead atoms. The molecule has 1 heterocycles. The molecule has 5 nitrogen and oxygen atoms in total. The quantitative estimate of drug-likeness (QED) is 0.713. The van der Waals surface area contributed by atoms with Gasteiger partial charge in [0, 0.05) is 37.0 Å². The first-order valence-electron chi connectivity index (χ1n) is 7.88. The number of benzene rings is 2. The van der Waals surface area contributed by atoms with E-state index in [0.29, 0.717) is 12.1 Å². The number of hydrogen-bond donors (Lipinski definition) is 1. The average molecular weight is 399 g/mol. The first-order valence-corrected chi connectivity index (χ1v) is 8.67. The number of amides is 1. The summed E-state index contributed by atoms with van der Waals surface area (Å²) in [5, 5.41) is 7.20. The van der Waals surface area contributed by atoms with Gasteiger partial charge in [-0.2, -0.15) is 5.10 Å². The van der Waals surface area contributed by atoms with Crippen LogP contribution in [-0.4, -0.2) is 29.8 Å². The summed E-state index contributed by atoms with van der Waals surface area (Å²) in [4.78, 5) is 14.4. The lowest BCUT2D eigenvalue weighted by molar-refractivity contribution is 0.0951. The van der Waals surface area contributed by atoms with Crippen molar-refractivity contribution >= 4 is 27.5 Å². The molecule has 1 amide bonds. The second kappa shape index (κ2) is 7.53. The van der Waals surface area contributed by atoms with Crippen molar-refractivity contribution in [3.63, 3.8) is 0 Å². The number of carbonyl (C=O) groups excluding carboxylic acids is 1. The molecule has 0 aliphatic rings. The van der Waals surface area contributed by atoms with Gasteiger partial charge in [0.25, 0.3) is 5.91 Å². The van der Waals surface area contributed by atoms with Crippen molar-refractivity contribution in [2.24, 2.45) is 0 Å². The summed E-state index contributed by atoms with van der Waals surface area (Å²) in [6.45, 7) is 0.476. The van der Waals surface area contributed by atoms with E-state index in [1.807, 2.05) is 61.5 Å². The Morgan fingerprint density at radius 3 is 2.68 bits per heavy atom. The molecule has 0 radical (unpaired) electrons. The first kappa shape index (κ1) is 17.2. The standard InChI is InChI=1S/C19H19BrN4O/c1-23(2)18-5-3-4-14(10-18)11-21-19(25)15-12-22-24(13-15)17-8-6-16(20)7-9-17/h3-10,12-13H,11H2,1-2H3,(H,21,25). The zero-order chi connectivity index (χ0) is 17.8. The predicted molar refractivity (Wildman–Crippen MR) is 103 cm³/mol. The average Bonchev–Trinajstić information content (AvgIpc) is 3.10. The number of aromatic nitrogens is 2. The number of nitrogens with one attached hydrogen (secondary N) is 1. The number of carbonyl (C=O) groups is 1. The molecule has 1 N–H and O–H groups in total. The van der Waals surface area contributed by atoms with E-state index in [0.717, 1.165) is 21.4 Å². The Morgan fingerprint density at radius 2 is 1.96 bits per heavy atom. The zero-order valence-electron chi connectivity index (χ0n) is 14.1. The van der Waals surface area contributed by atoms with E-state index in [1.54, 1.807) is 17.1 Å². The van der Waals surface area contributed by atoms with Crippen molar-refractivity contribution in [3.8, 4) is 5.69 Å². The van der Waals surface area contributed by atoms with Gasteiger partial charge in [0.2, 0.25) is 0 Å². The van der Waals surface area contributed by atoms with E-state index < -0.39 is 0 Å². The molecule has 0 saturated heterocycles. The molecule has 0 aliphatic carbocycles. The Morgan fingerprint density at radius 1 is 1.20 bits per heavy atom. The molecule has 2 aromatic carbocycles. The third-order valence-electron chi connectivity index (χ3n) is 3.82. The summed E-state index contributed by atoms with van der Waals surface area (Å²) in [5.41, 5.74) is 3.60. The minimum absolute atomic E-state index is 0.140. The number of nitrogens with zero attached hydrogens (tertiary/aromatic N) is 3. The van der Waals surface area contributed by atoms with Crippen LogP contribution in [0.4, 0.5) is 5.69 Å². The minimum atomic E-state index is -0.140. The van der Waals surface area contributed by atoms with Gasteiger partial charge in [0.1, 0.15) is 0 Å². The van der Waals surface area contributed by atoms with Gasteiger partial charge in [-0.25, -0.2) is 4.68 Å². The van der Waals surface area contributed by atoms with E-state index in [4.69, 9.17) is 0 Å². The summed E-state index contributed by atoms with van der Waals surface area (Å²) >= 11 is 3.41. The molecule has 0 saturated carbocycles. The predicted octanol–water partition coefficient (Wildman–Crippen LogP) is 3.63. The molecule has 3 rings (SSSR count). The monoisotopic (exact) mass is 398 g/mol. The van der Waals surface area contributed by atoms with Gasteiger partial charge >= 0.3 is 0 Å². The Kier molecular flexibility index (Phi) is 5.19.